The summed E-state index contributed by atoms with van der Waals surface area (Å²) in [4.78, 5) is 0. The number of hydrogen-bond donors (Lipinski definition) is 0. The van der Waals surface area contributed by atoms with Gasteiger partial charge in [0.2, 0.25) is 0 Å². The molecule has 0 aromatic carbocycles. The van der Waals surface area contributed by atoms with Crippen molar-refractivity contribution in [3.05, 3.63) is 17.3 Å². The maximum Gasteiger partial charge on any atom is 0.252 e. The molecule has 3 nitrogen and oxygen atoms in total. The molecular formula is C5H5ClN2O. The van der Waals surface area contributed by atoms with Crippen LogP contribution in [0, 0.1) is 0 Å². The molecule has 0 aliphatic carbocycles. The van der Waals surface area contributed by atoms with E-state index >= 15 is 0 Å². The average Bonchev–Trinajstić information content (AvgIpc) is 1.89. The van der Waals surface area contributed by atoms with Crippen LogP contribution in [0.25, 0.3) is 0 Å². The van der Waals surface area contributed by atoms with Crippen LogP contribution in [-0.4, -0.2) is 17.3 Å². The Bertz CT molecular complexity index is 204. The van der Waals surface area contributed by atoms with Crippen molar-refractivity contribution in [3.8, 4) is 5.88 Å². The molecular weight excluding hydrogens is 140 g/mol. The van der Waals surface area contributed by atoms with Crippen molar-refractivity contribution in [3.63, 3.8) is 0 Å². The predicted octanol–water partition coefficient (Wildman–Crippen LogP) is 1.14. The third kappa shape index (κ3) is 1.29. The number of halogens is 1. The highest BCUT2D eigenvalue weighted by Crippen LogP contribution is 2.17. The lowest BCUT2D eigenvalue weighted by molar-refractivity contribution is 0.392. The lowest BCUT2D eigenvalue weighted by Gasteiger charge is -1.95. The Labute approximate surface area is 57.6 Å². The molecule has 0 amide bonds. The zero-order chi connectivity index (χ0) is 6.69. The Morgan fingerprint density at radius 3 is 2.89 bits per heavy atom. The molecule has 0 fully saturated rings. The third-order valence-electron chi connectivity index (χ3n) is 0.834. The molecule has 0 unspecified atom stereocenters. The van der Waals surface area contributed by atoms with Crippen LogP contribution in [0.4, 0.5) is 0 Å². The van der Waals surface area contributed by atoms with Gasteiger partial charge < -0.3 is 4.74 Å². The number of nitrogens with zero attached hydrogens (tertiary/aromatic N) is 2. The van der Waals surface area contributed by atoms with Crippen molar-refractivity contribution in [1.82, 2.24) is 10.2 Å². The average molecular weight is 145 g/mol. The van der Waals surface area contributed by atoms with Gasteiger partial charge in [-0.15, -0.1) is 5.10 Å². The number of rotatable bonds is 1. The molecule has 1 aromatic heterocycles. The van der Waals surface area contributed by atoms with Gasteiger partial charge in [-0.2, -0.15) is 5.10 Å². The van der Waals surface area contributed by atoms with Gasteiger partial charge in [-0.3, -0.25) is 0 Å². The number of ether oxygens (including phenoxy) is 1. The zero-order valence-electron chi connectivity index (χ0n) is 4.84. The summed E-state index contributed by atoms with van der Waals surface area (Å²) in [6.45, 7) is 0. The van der Waals surface area contributed by atoms with Crippen LogP contribution >= 0.6 is 11.6 Å². The second-order valence-electron chi connectivity index (χ2n) is 1.39. The van der Waals surface area contributed by atoms with E-state index in [1.807, 2.05) is 0 Å². The van der Waals surface area contributed by atoms with Gasteiger partial charge in [0.05, 0.1) is 13.3 Å². The van der Waals surface area contributed by atoms with Crippen molar-refractivity contribution in [2.45, 2.75) is 0 Å². The molecule has 9 heavy (non-hydrogen) atoms. The Hall–Kier alpha value is -0.830. The summed E-state index contributed by atoms with van der Waals surface area (Å²) in [6, 6.07) is 1.62. The Morgan fingerprint density at radius 2 is 2.44 bits per heavy atom. The minimum Gasteiger partial charge on any atom is -0.479 e. The van der Waals surface area contributed by atoms with Crippen LogP contribution in [0.3, 0.4) is 0 Å². The Balaban J connectivity index is 3.01. The normalized spacial score (nSPS) is 9.11. The summed E-state index contributed by atoms with van der Waals surface area (Å²) in [5.41, 5.74) is 0. The van der Waals surface area contributed by atoms with Crippen LogP contribution in [-0.2, 0) is 0 Å². The highest BCUT2D eigenvalue weighted by molar-refractivity contribution is 6.31. The molecule has 0 atom stereocenters. The second-order valence-corrected chi connectivity index (χ2v) is 1.80. The Kier molecular flexibility index (Phi) is 1.85. The van der Waals surface area contributed by atoms with Crippen LogP contribution in [0.1, 0.15) is 0 Å². The summed E-state index contributed by atoms with van der Waals surface area (Å²) in [6.07, 6.45) is 1.50. The SMILES string of the molecule is COc1nnccc1Cl. The van der Waals surface area contributed by atoms with Crippen molar-refractivity contribution in [2.75, 3.05) is 7.11 Å². The first-order chi connectivity index (χ1) is 4.34. The van der Waals surface area contributed by atoms with E-state index in [0.29, 0.717) is 10.9 Å². The summed E-state index contributed by atoms with van der Waals surface area (Å²) < 4.78 is 4.74. The molecule has 1 rings (SSSR count). The van der Waals surface area contributed by atoms with E-state index in [9.17, 15) is 0 Å². The predicted molar refractivity (Wildman–Crippen MR) is 33.6 cm³/mol. The molecule has 0 saturated carbocycles. The number of hydrogen-bond acceptors (Lipinski definition) is 3. The van der Waals surface area contributed by atoms with Gasteiger partial charge in [0, 0.05) is 0 Å². The number of methoxy groups -OCH3 is 1. The number of aromatic nitrogens is 2. The molecule has 0 saturated heterocycles. The minimum atomic E-state index is 0.360. The van der Waals surface area contributed by atoms with Gasteiger partial charge in [-0.25, -0.2) is 0 Å². The van der Waals surface area contributed by atoms with Gasteiger partial charge >= 0.3 is 0 Å². The molecule has 1 aromatic rings. The zero-order valence-corrected chi connectivity index (χ0v) is 5.59. The van der Waals surface area contributed by atoms with E-state index in [2.05, 4.69) is 10.2 Å². The lowest BCUT2D eigenvalue weighted by Crippen LogP contribution is -1.89. The quantitative estimate of drug-likeness (QED) is 0.593. The summed E-state index contributed by atoms with van der Waals surface area (Å²) in [5.74, 6) is 0.360. The van der Waals surface area contributed by atoms with Gasteiger partial charge in [0.1, 0.15) is 5.02 Å². The highest BCUT2D eigenvalue weighted by Gasteiger charge is 1.97. The minimum absolute atomic E-state index is 0.360. The summed E-state index contributed by atoms with van der Waals surface area (Å²) in [7, 11) is 1.50. The second kappa shape index (κ2) is 2.64. The topological polar surface area (TPSA) is 35.0 Å². The molecule has 0 N–H and O–H groups in total. The van der Waals surface area contributed by atoms with E-state index in [1.54, 1.807) is 6.07 Å². The van der Waals surface area contributed by atoms with Crippen molar-refractivity contribution >= 4 is 11.6 Å². The van der Waals surface area contributed by atoms with Crippen molar-refractivity contribution in [1.29, 1.82) is 0 Å². The van der Waals surface area contributed by atoms with Crippen LogP contribution < -0.4 is 4.74 Å². The molecule has 0 radical (unpaired) electrons. The molecule has 0 aliphatic rings. The van der Waals surface area contributed by atoms with Gasteiger partial charge in [0.15, 0.2) is 0 Å². The first-order valence-corrected chi connectivity index (χ1v) is 2.73. The van der Waals surface area contributed by atoms with E-state index in [-0.39, 0.29) is 0 Å². The van der Waals surface area contributed by atoms with Gasteiger partial charge in [-0.05, 0) is 6.07 Å². The van der Waals surface area contributed by atoms with Crippen molar-refractivity contribution < 1.29 is 4.74 Å². The van der Waals surface area contributed by atoms with Gasteiger partial charge in [0.25, 0.3) is 5.88 Å². The summed E-state index contributed by atoms with van der Waals surface area (Å²) >= 11 is 5.60. The molecule has 48 valence electrons. The van der Waals surface area contributed by atoms with Crippen LogP contribution in [0.15, 0.2) is 12.3 Å². The third-order valence-corrected chi connectivity index (χ3v) is 1.12. The fourth-order valence-corrected chi connectivity index (χ4v) is 0.613. The lowest BCUT2D eigenvalue weighted by atomic mass is 10.6. The molecule has 4 heteroatoms. The monoisotopic (exact) mass is 144 g/mol. The molecule has 1 heterocycles. The fraction of sp³-hybridized carbons (Fsp3) is 0.200. The first kappa shape index (κ1) is 6.29. The molecule has 0 aliphatic heterocycles. The summed E-state index contributed by atoms with van der Waals surface area (Å²) in [5, 5.41) is 7.63. The highest BCUT2D eigenvalue weighted by atomic mass is 35.5. The maximum atomic E-state index is 5.60. The van der Waals surface area contributed by atoms with Crippen LogP contribution in [0.5, 0.6) is 5.88 Å². The van der Waals surface area contributed by atoms with E-state index in [4.69, 9.17) is 16.3 Å². The van der Waals surface area contributed by atoms with Crippen LogP contribution in [0.2, 0.25) is 5.02 Å². The maximum absolute atomic E-state index is 5.60. The largest absolute Gasteiger partial charge is 0.479 e. The van der Waals surface area contributed by atoms with E-state index < -0.39 is 0 Å². The van der Waals surface area contributed by atoms with E-state index in [1.165, 1.54) is 13.3 Å². The standard InChI is InChI=1S/C5H5ClN2O/c1-9-5-4(6)2-3-7-8-5/h2-3H,1H3. The van der Waals surface area contributed by atoms with Gasteiger partial charge in [-0.1, -0.05) is 11.6 Å². The molecule has 0 spiro atoms. The Morgan fingerprint density at radius 1 is 1.67 bits per heavy atom. The first-order valence-electron chi connectivity index (χ1n) is 2.36. The smallest absolute Gasteiger partial charge is 0.252 e. The fourth-order valence-electron chi connectivity index (χ4n) is 0.442. The molecule has 0 bridgehead atoms. The van der Waals surface area contributed by atoms with Crippen molar-refractivity contribution in [2.24, 2.45) is 0 Å². The van der Waals surface area contributed by atoms with E-state index in [0.717, 1.165) is 0 Å².